The van der Waals surface area contributed by atoms with E-state index < -0.39 is 0 Å². The lowest BCUT2D eigenvalue weighted by molar-refractivity contribution is -0.117. The molecule has 1 aromatic carbocycles. The van der Waals surface area contributed by atoms with Gasteiger partial charge in [0.25, 0.3) is 0 Å². The highest BCUT2D eigenvalue weighted by Gasteiger charge is 2.33. The molecule has 1 atom stereocenters. The van der Waals surface area contributed by atoms with Crippen molar-refractivity contribution in [2.24, 2.45) is 5.92 Å². The van der Waals surface area contributed by atoms with Crippen LogP contribution >= 0.6 is 0 Å². The number of benzene rings is 1. The third kappa shape index (κ3) is 2.35. The molecule has 1 amide bonds. The number of hydrogen-bond acceptors (Lipinski definition) is 4. The smallest absolute Gasteiger partial charge is 0.228 e. The largest absolute Gasteiger partial charge is 0.469 e. The first-order chi connectivity index (χ1) is 10.3. The van der Waals surface area contributed by atoms with E-state index in [0.717, 1.165) is 24.0 Å². The Morgan fingerprint density at radius 2 is 2.00 bits per heavy atom. The SMILES string of the molecule is O=C(Nc1ncnc2c1CC(c1ccccc1)O2)C1CC1. The lowest BCUT2D eigenvalue weighted by Gasteiger charge is -2.09. The van der Waals surface area contributed by atoms with Gasteiger partial charge in [-0.15, -0.1) is 0 Å². The predicted molar refractivity (Wildman–Crippen MR) is 76.9 cm³/mol. The molecule has 106 valence electrons. The Morgan fingerprint density at radius 3 is 2.76 bits per heavy atom. The van der Waals surface area contributed by atoms with Crippen LogP contribution in [0.5, 0.6) is 5.88 Å². The van der Waals surface area contributed by atoms with Crippen LogP contribution in [0.2, 0.25) is 0 Å². The topological polar surface area (TPSA) is 64.1 Å². The Balaban J connectivity index is 1.58. The highest BCUT2D eigenvalue weighted by molar-refractivity contribution is 5.94. The molecular weight excluding hydrogens is 266 g/mol. The summed E-state index contributed by atoms with van der Waals surface area (Å²) in [6, 6.07) is 10.0. The number of aromatic nitrogens is 2. The van der Waals surface area contributed by atoms with Crippen molar-refractivity contribution in [3.05, 3.63) is 47.8 Å². The number of rotatable bonds is 3. The van der Waals surface area contributed by atoms with Crippen LogP contribution in [0.1, 0.15) is 30.1 Å². The van der Waals surface area contributed by atoms with Crippen molar-refractivity contribution in [2.75, 3.05) is 5.32 Å². The van der Waals surface area contributed by atoms with E-state index in [1.807, 2.05) is 30.3 Å². The first-order valence-corrected chi connectivity index (χ1v) is 7.17. The molecule has 1 aliphatic carbocycles. The van der Waals surface area contributed by atoms with Crippen LogP contribution in [-0.2, 0) is 11.2 Å². The number of nitrogens with zero attached hydrogens (tertiary/aromatic N) is 2. The third-order valence-corrected chi connectivity index (χ3v) is 3.91. The second-order valence-corrected chi connectivity index (χ2v) is 5.49. The number of amides is 1. The van der Waals surface area contributed by atoms with Crippen LogP contribution < -0.4 is 10.1 Å². The molecule has 1 aromatic heterocycles. The van der Waals surface area contributed by atoms with Gasteiger partial charge in [-0.25, -0.2) is 9.97 Å². The number of ether oxygens (including phenoxy) is 1. The van der Waals surface area contributed by atoms with Gasteiger partial charge in [-0.3, -0.25) is 4.79 Å². The van der Waals surface area contributed by atoms with Gasteiger partial charge < -0.3 is 10.1 Å². The predicted octanol–water partition coefficient (Wildman–Crippen LogP) is 2.50. The second kappa shape index (κ2) is 4.84. The Kier molecular flexibility index (Phi) is 2.84. The van der Waals surface area contributed by atoms with Gasteiger partial charge in [-0.2, -0.15) is 0 Å². The van der Waals surface area contributed by atoms with Crippen molar-refractivity contribution >= 4 is 11.7 Å². The summed E-state index contributed by atoms with van der Waals surface area (Å²) in [5.74, 6) is 1.38. The van der Waals surface area contributed by atoms with E-state index in [9.17, 15) is 4.79 Å². The third-order valence-electron chi connectivity index (χ3n) is 3.91. The minimum Gasteiger partial charge on any atom is -0.469 e. The zero-order valence-corrected chi connectivity index (χ0v) is 11.5. The molecule has 0 radical (unpaired) electrons. The molecule has 1 aliphatic heterocycles. The standard InChI is InChI=1S/C16H15N3O2/c20-15(11-6-7-11)19-14-12-8-13(10-4-2-1-3-5-10)21-16(12)18-9-17-14/h1-5,9,11,13H,6-8H2,(H,17,18,19,20). The van der Waals surface area contributed by atoms with Crippen LogP contribution in [0.4, 0.5) is 5.82 Å². The normalized spacial score (nSPS) is 19.7. The van der Waals surface area contributed by atoms with Gasteiger partial charge in [0, 0.05) is 12.3 Å². The van der Waals surface area contributed by atoms with Crippen molar-refractivity contribution in [1.29, 1.82) is 0 Å². The average Bonchev–Trinajstić information content (AvgIpc) is 3.27. The van der Waals surface area contributed by atoms with E-state index in [2.05, 4.69) is 15.3 Å². The molecule has 2 aliphatic rings. The minimum atomic E-state index is -0.0607. The molecule has 5 heteroatoms. The fraction of sp³-hybridized carbons (Fsp3) is 0.312. The summed E-state index contributed by atoms with van der Waals surface area (Å²) in [7, 11) is 0. The Hall–Kier alpha value is -2.43. The van der Waals surface area contributed by atoms with Gasteiger partial charge in [0.2, 0.25) is 11.8 Å². The van der Waals surface area contributed by atoms with Gasteiger partial charge in [0.05, 0.1) is 5.56 Å². The van der Waals surface area contributed by atoms with E-state index in [1.54, 1.807) is 0 Å². The molecule has 0 saturated heterocycles. The van der Waals surface area contributed by atoms with Crippen LogP contribution in [0, 0.1) is 5.92 Å². The summed E-state index contributed by atoms with van der Waals surface area (Å²) in [5, 5.41) is 2.91. The number of fused-ring (bicyclic) bond motifs is 1. The summed E-state index contributed by atoms with van der Waals surface area (Å²) in [4.78, 5) is 20.3. The zero-order chi connectivity index (χ0) is 14.2. The Morgan fingerprint density at radius 1 is 1.19 bits per heavy atom. The van der Waals surface area contributed by atoms with Crippen molar-refractivity contribution in [3.8, 4) is 5.88 Å². The van der Waals surface area contributed by atoms with Crippen LogP contribution in [0.15, 0.2) is 36.7 Å². The van der Waals surface area contributed by atoms with E-state index in [1.165, 1.54) is 6.33 Å². The first kappa shape index (κ1) is 12.3. The maximum Gasteiger partial charge on any atom is 0.228 e. The number of carbonyl (C=O) groups excluding carboxylic acids is 1. The van der Waals surface area contributed by atoms with Crippen molar-refractivity contribution in [2.45, 2.75) is 25.4 Å². The van der Waals surface area contributed by atoms with Gasteiger partial charge >= 0.3 is 0 Å². The van der Waals surface area contributed by atoms with E-state index in [-0.39, 0.29) is 17.9 Å². The lowest BCUT2D eigenvalue weighted by atomic mass is 10.0. The van der Waals surface area contributed by atoms with E-state index >= 15 is 0 Å². The summed E-state index contributed by atoms with van der Waals surface area (Å²) < 4.78 is 5.89. The molecule has 2 heterocycles. The van der Waals surface area contributed by atoms with Gasteiger partial charge in [0.1, 0.15) is 18.2 Å². The molecular formula is C16H15N3O2. The quantitative estimate of drug-likeness (QED) is 0.938. The fourth-order valence-corrected chi connectivity index (χ4v) is 2.57. The number of carbonyl (C=O) groups is 1. The second-order valence-electron chi connectivity index (χ2n) is 5.49. The van der Waals surface area contributed by atoms with Crippen molar-refractivity contribution in [1.82, 2.24) is 9.97 Å². The monoisotopic (exact) mass is 281 g/mol. The van der Waals surface area contributed by atoms with Gasteiger partial charge in [0.15, 0.2) is 0 Å². The van der Waals surface area contributed by atoms with Crippen LogP contribution in [-0.4, -0.2) is 15.9 Å². The molecule has 5 nitrogen and oxygen atoms in total. The molecule has 1 N–H and O–H groups in total. The minimum absolute atomic E-state index is 0.0547. The Labute approximate surface area is 122 Å². The van der Waals surface area contributed by atoms with E-state index in [0.29, 0.717) is 18.1 Å². The van der Waals surface area contributed by atoms with Crippen LogP contribution in [0.25, 0.3) is 0 Å². The fourth-order valence-electron chi connectivity index (χ4n) is 2.57. The van der Waals surface area contributed by atoms with Crippen molar-refractivity contribution in [3.63, 3.8) is 0 Å². The molecule has 2 aromatic rings. The Bertz CT molecular complexity index is 683. The number of hydrogen-bond donors (Lipinski definition) is 1. The maximum absolute atomic E-state index is 11.9. The summed E-state index contributed by atoms with van der Waals surface area (Å²) in [6.07, 6.45) is 4.01. The van der Waals surface area contributed by atoms with Crippen LogP contribution in [0.3, 0.4) is 0 Å². The molecule has 21 heavy (non-hydrogen) atoms. The number of nitrogens with one attached hydrogen (secondary N) is 1. The molecule has 0 bridgehead atoms. The molecule has 4 rings (SSSR count). The summed E-state index contributed by atoms with van der Waals surface area (Å²) >= 11 is 0. The molecule has 1 fully saturated rings. The highest BCUT2D eigenvalue weighted by atomic mass is 16.5. The molecule has 1 unspecified atom stereocenters. The molecule has 1 saturated carbocycles. The first-order valence-electron chi connectivity index (χ1n) is 7.17. The van der Waals surface area contributed by atoms with Gasteiger partial charge in [-0.1, -0.05) is 30.3 Å². The zero-order valence-electron chi connectivity index (χ0n) is 11.5. The lowest BCUT2D eigenvalue weighted by Crippen LogP contribution is -2.15. The van der Waals surface area contributed by atoms with Crippen molar-refractivity contribution < 1.29 is 9.53 Å². The summed E-state index contributed by atoms with van der Waals surface area (Å²) in [6.45, 7) is 0. The molecule has 0 spiro atoms. The van der Waals surface area contributed by atoms with Gasteiger partial charge in [-0.05, 0) is 18.4 Å². The highest BCUT2D eigenvalue weighted by Crippen LogP contribution is 2.38. The summed E-state index contributed by atoms with van der Waals surface area (Å²) in [5.41, 5.74) is 2.00. The number of anilines is 1. The average molecular weight is 281 g/mol. The van der Waals surface area contributed by atoms with E-state index in [4.69, 9.17) is 4.74 Å². The maximum atomic E-state index is 11.9.